The second kappa shape index (κ2) is 15.5. The van der Waals surface area contributed by atoms with Gasteiger partial charge in [-0.3, -0.25) is 19.0 Å². The Balaban J connectivity index is 1.16. The molecule has 300 valence electrons. The first-order valence-corrected chi connectivity index (χ1v) is 23.1. The van der Waals surface area contributed by atoms with Crippen LogP contribution in [-0.4, -0.2) is 67.4 Å². The molecule has 10 nitrogen and oxygen atoms in total. The predicted octanol–water partition coefficient (Wildman–Crippen LogP) is 6.61. The summed E-state index contributed by atoms with van der Waals surface area (Å²) >= 11 is 6.73. The van der Waals surface area contributed by atoms with Gasteiger partial charge in [0, 0.05) is 34.9 Å². The summed E-state index contributed by atoms with van der Waals surface area (Å²) in [7, 11) is 0.558. The van der Waals surface area contributed by atoms with Crippen LogP contribution in [0.2, 0.25) is 23.7 Å². The molecule has 0 saturated carbocycles. The van der Waals surface area contributed by atoms with Gasteiger partial charge in [-0.15, -0.1) is 0 Å². The van der Waals surface area contributed by atoms with Gasteiger partial charge in [-0.1, -0.05) is 85.3 Å². The van der Waals surface area contributed by atoms with E-state index in [1.807, 2.05) is 66.7 Å². The molecular weight excluding hydrogens is 770 g/mol. The molecule has 1 N–H and O–H groups in total. The third-order valence-corrected chi connectivity index (χ3v) is 17.3. The number of carbonyl (C=O) groups excluding carboxylic acids is 2. The van der Waals surface area contributed by atoms with Gasteiger partial charge in [0.25, 0.3) is 11.5 Å². The number of hydrogen-bond donors (Lipinski definition) is 1. The Morgan fingerprint density at radius 2 is 1.66 bits per heavy atom. The summed E-state index contributed by atoms with van der Waals surface area (Å²) in [5.41, 5.74) is 3.26. The normalized spacial score (nSPS) is 22.6. The van der Waals surface area contributed by atoms with Crippen molar-refractivity contribution in [2.75, 3.05) is 25.7 Å². The fourth-order valence-corrected chi connectivity index (χ4v) is 13.9. The first-order valence-electron chi connectivity index (χ1n) is 19.7. The molecule has 0 radical (unpaired) electrons. The van der Waals surface area contributed by atoms with Crippen LogP contribution in [0.15, 0.2) is 114 Å². The van der Waals surface area contributed by atoms with E-state index in [1.165, 1.54) is 11.7 Å². The Morgan fingerprint density at radius 3 is 2.34 bits per heavy atom. The maximum absolute atomic E-state index is 15.3. The number of aliphatic hydroxyl groups is 1. The van der Waals surface area contributed by atoms with Gasteiger partial charge in [-0.2, -0.15) is 0 Å². The van der Waals surface area contributed by atoms with Gasteiger partial charge in [0.15, 0.2) is 11.4 Å². The lowest BCUT2D eigenvalue weighted by molar-refractivity contribution is -0.151. The van der Waals surface area contributed by atoms with E-state index in [4.69, 9.17) is 25.8 Å². The van der Waals surface area contributed by atoms with Gasteiger partial charge >= 0.3 is 0 Å². The van der Waals surface area contributed by atoms with Crippen molar-refractivity contribution in [1.82, 2.24) is 9.47 Å². The quantitative estimate of drug-likeness (QED) is 0.158. The van der Waals surface area contributed by atoms with Crippen molar-refractivity contribution in [2.24, 2.45) is 5.92 Å². The summed E-state index contributed by atoms with van der Waals surface area (Å²) in [5, 5.41) is 12.1. The lowest BCUT2D eigenvalue weighted by Crippen LogP contribution is -2.52. The molecule has 1 saturated heterocycles. The Kier molecular flexibility index (Phi) is 10.6. The molecule has 2 amide bonds. The molecule has 5 aromatic rings. The van der Waals surface area contributed by atoms with Gasteiger partial charge in [-0.25, -0.2) is 0 Å². The Labute approximate surface area is 344 Å². The summed E-state index contributed by atoms with van der Waals surface area (Å²) in [4.78, 5) is 46.4. The zero-order valence-electron chi connectivity index (χ0n) is 33.4. The highest BCUT2D eigenvalue weighted by molar-refractivity contribution is 6.91. The van der Waals surface area contributed by atoms with E-state index in [9.17, 15) is 14.7 Å². The topological polar surface area (TPSA) is 111 Å². The second-order valence-electron chi connectivity index (χ2n) is 16.2. The van der Waals surface area contributed by atoms with Crippen LogP contribution in [0.5, 0.6) is 11.5 Å². The third kappa shape index (κ3) is 6.63. The molecule has 1 aromatic heterocycles. The van der Waals surface area contributed by atoms with Crippen LogP contribution < -0.4 is 25.1 Å². The highest BCUT2D eigenvalue weighted by atomic mass is 35.5. The van der Waals surface area contributed by atoms with Gasteiger partial charge in [0.2, 0.25) is 5.91 Å². The monoisotopic (exact) mass is 817 g/mol. The molecule has 4 heterocycles. The average molecular weight is 818 g/mol. The third-order valence-electron chi connectivity index (χ3n) is 12.7. The zero-order valence-corrected chi connectivity index (χ0v) is 35.1. The van der Waals surface area contributed by atoms with Gasteiger partial charge < -0.3 is 29.1 Å². The fraction of sp³-hybridized carbons (Fsp3) is 0.326. The molecule has 3 aliphatic rings. The maximum atomic E-state index is 15.3. The SMILES string of the molecule is COc1ccc([Si](C)(C)[C@@H]2[C@@H](CC(=O)N3Cc4ccccc4C[C@H]3CO)O[C@]3(C(=O)N(Cc4ccc(-n5cccc(OC)c5=O)cc4)c4ccc(Cl)cc43)[C@H]2C)cc1. The number of anilines is 1. The number of aliphatic hydroxyl groups excluding tert-OH is 1. The van der Waals surface area contributed by atoms with Crippen molar-refractivity contribution in [1.29, 1.82) is 0 Å². The molecule has 58 heavy (non-hydrogen) atoms. The number of ether oxygens (including phenoxy) is 3. The van der Waals surface area contributed by atoms with Crippen LogP contribution >= 0.6 is 11.6 Å². The van der Waals surface area contributed by atoms with Crippen molar-refractivity contribution in [3.8, 4) is 17.2 Å². The second-order valence-corrected chi connectivity index (χ2v) is 21.3. The van der Waals surface area contributed by atoms with Gasteiger partial charge in [0.1, 0.15) is 5.75 Å². The first-order chi connectivity index (χ1) is 27.9. The van der Waals surface area contributed by atoms with E-state index in [0.717, 1.165) is 27.6 Å². The molecule has 0 aliphatic carbocycles. The highest BCUT2D eigenvalue weighted by Gasteiger charge is 2.66. The van der Waals surface area contributed by atoms with Crippen LogP contribution in [0.3, 0.4) is 0 Å². The largest absolute Gasteiger partial charge is 0.497 e. The number of methoxy groups -OCH3 is 2. The number of rotatable bonds is 10. The Bertz CT molecular complexity index is 2420. The van der Waals surface area contributed by atoms with Crippen LogP contribution in [0.1, 0.15) is 35.6 Å². The maximum Gasteiger partial charge on any atom is 0.297 e. The standard InChI is InChI=1S/C46H48ClN3O7Si/c1-29-43(58(4,5)37-19-17-36(55-2)18-20-37)41(25-42(52)49-27-32-10-7-6-9-31(32)23-35(49)28-51)57-46(29)38-24-33(47)14-21-39(38)50(45(46)54)26-30-12-15-34(16-13-30)48-22-8-11-40(56-3)44(48)53/h6-22,24,29,35,41,43,51H,23,25-28H2,1-5H3/t29-,35-,41+,43-,46+/m0/s1. The number of carbonyl (C=O) groups is 2. The van der Waals surface area contributed by atoms with Crippen molar-refractivity contribution < 1.29 is 28.9 Å². The number of amides is 2. The van der Waals surface area contributed by atoms with Crippen LogP contribution in [0.4, 0.5) is 5.69 Å². The summed E-state index contributed by atoms with van der Waals surface area (Å²) < 4.78 is 19.5. The molecular formula is C46H48ClN3O7Si. The number of benzene rings is 4. The lowest BCUT2D eigenvalue weighted by atomic mass is 9.82. The minimum atomic E-state index is -2.55. The number of nitrogens with zero attached hydrogens (tertiary/aromatic N) is 3. The highest BCUT2D eigenvalue weighted by Crippen LogP contribution is 2.60. The zero-order chi connectivity index (χ0) is 40.9. The molecule has 5 atom stereocenters. The Morgan fingerprint density at radius 1 is 0.931 bits per heavy atom. The average Bonchev–Trinajstić information content (AvgIpc) is 3.66. The number of hydrogen-bond acceptors (Lipinski definition) is 7. The van der Waals surface area contributed by atoms with E-state index in [1.54, 1.807) is 41.3 Å². The minimum Gasteiger partial charge on any atom is -0.497 e. The molecule has 3 aliphatic heterocycles. The van der Waals surface area contributed by atoms with E-state index in [0.29, 0.717) is 34.9 Å². The minimum absolute atomic E-state index is 0.0519. The van der Waals surface area contributed by atoms with Gasteiger partial charge in [0.05, 0.1) is 59.7 Å². The van der Waals surface area contributed by atoms with Crippen molar-refractivity contribution in [3.63, 3.8) is 0 Å². The van der Waals surface area contributed by atoms with Crippen molar-refractivity contribution in [3.05, 3.63) is 147 Å². The lowest BCUT2D eigenvalue weighted by Gasteiger charge is -2.39. The van der Waals surface area contributed by atoms with E-state index >= 15 is 4.79 Å². The van der Waals surface area contributed by atoms with E-state index in [2.05, 4.69) is 38.2 Å². The molecule has 0 unspecified atom stereocenters. The molecule has 12 heteroatoms. The molecule has 1 spiro atoms. The van der Waals surface area contributed by atoms with Crippen molar-refractivity contribution in [2.45, 2.75) is 69.2 Å². The molecule has 8 rings (SSSR count). The van der Waals surface area contributed by atoms with Crippen LogP contribution in [0.25, 0.3) is 5.69 Å². The first kappa shape index (κ1) is 39.6. The molecule has 1 fully saturated rings. The number of aromatic nitrogens is 1. The summed E-state index contributed by atoms with van der Waals surface area (Å²) in [6, 6.07) is 32.2. The summed E-state index contributed by atoms with van der Waals surface area (Å²) in [5.74, 6) is 0.330. The number of halogens is 1. The van der Waals surface area contributed by atoms with Gasteiger partial charge in [-0.05, 0) is 83.2 Å². The summed E-state index contributed by atoms with van der Waals surface area (Å²) in [6.45, 7) is 7.15. The molecule has 0 bridgehead atoms. The van der Waals surface area contributed by atoms with Crippen molar-refractivity contribution >= 4 is 42.4 Å². The predicted molar refractivity (Wildman–Crippen MR) is 227 cm³/mol. The summed E-state index contributed by atoms with van der Waals surface area (Å²) in [6.07, 6.45) is 1.70. The number of pyridine rings is 1. The molecule has 4 aromatic carbocycles. The number of fused-ring (bicyclic) bond motifs is 3. The Hall–Kier alpha value is -5.20. The van der Waals surface area contributed by atoms with Crippen LogP contribution in [-0.2, 0) is 39.4 Å². The fourth-order valence-electron chi connectivity index (χ4n) is 9.75. The van der Waals surface area contributed by atoms with E-state index in [-0.39, 0.29) is 60.2 Å². The van der Waals surface area contributed by atoms with E-state index < -0.39 is 19.8 Å². The smallest absolute Gasteiger partial charge is 0.297 e. The van der Waals surface area contributed by atoms with Crippen LogP contribution in [0, 0.1) is 5.92 Å².